The van der Waals surface area contributed by atoms with Gasteiger partial charge in [0.2, 0.25) is 11.8 Å². The van der Waals surface area contributed by atoms with Gasteiger partial charge in [0.25, 0.3) is 0 Å². The highest BCUT2D eigenvalue weighted by Crippen LogP contribution is 2.31. The molecule has 0 aromatic rings. The van der Waals surface area contributed by atoms with E-state index in [1.54, 1.807) is 13.8 Å². The average Bonchev–Trinajstić information content (AvgIpc) is 2.78. The zero-order valence-corrected chi connectivity index (χ0v) is 12.5. The van der Waals surface area contributed by atoms with Crippen LogP contribution in [0.5, 0.6) is 0 Å². The van der Waals surface area contributed by atoms with Crippen molar-refractivity contribution < 1.29 is 9.59 Å². The molecule has 4 heteroatoms. The summed E-state index contributed by atoms with van der Waals surface area (Å²) in [6, 6.07) is -0.00907. The Morgan fingerprint density at radius 3 is 2.37 bits per heavy atom. The predicted octanol–water partition coefficient (Wildman–Crippen LogP) is 2.08. The Bertz CT molecular complexity index is 370. The summed E-state index contributed by atoms with van der Waals surface area (Å²) in [5, 5.41) is 2.88. The number of amides is 2. The maximum atomic E-state index is 12.7. The Morgan fingerprint density at radius 2 is 1.84 bits per heavy atom. The standard InChI is InChI=1S/C15H26N2O2/c1-10(2)9-12-13(18)16-15(3,4)14(19)17(12)11-7-5-6-8-11/h10-12H,5-9H2,1-4H3,(H,16,18). The van der Waals surface area contributed by atoms with Crippen LogP contribution in [0.2, 0.25) is 0 Å². The summed E-state index contributed by atoms with van der Waals surface area (Å²) in [5.41, 5.74) is -0.757. The van der Waals surface area contributed by atoms with Gasteiger partial charge in [-0.15, -0.1) is 0 Å². The highest BCUT2D eigenvalue weighted by molar-refractivity contribution is 5.99. The van der Waals surface area contributed by atoms with Gasteiger partial charge in [-0.2, -0.15) is 0 Å². The van der Waals surface area contributed by atoms with E-state index >= 15 is 0 Å². The van der Waals surface area contributed by atoms with E-state index in [2.05, 4.69) is 19.2 Å². The SMILES string of the molecule is CC(C)CC1C(=O)NC(C)(C)C(=O)N1C1CCCC1. The fraction of sp³-hybridized carbons (Fsp3) is 0.867. The van der Waals surface area contributed by atoms with Crippen molar-refractivity contribution in [2.24, 2.45) is 5.92 Å². The van der Waals surface area contributed by atoms with Gasteiger partial charge in [0, 0.05) is 6.04 Å². The van der Waals surface area contributed by atoms with Crippen LogP contribution >= 0.6 is 0 Å². The van der Waals surface area contributed by atoms with Crippen molar-refractivity contribution in [1.82, 2.24) is 10.2 Å². The zero-order chi connectivity index (χ0) is 14.2. The Labute approximate surface area is 115 Å². The Hall–Kier alpha value is -1.06. The van der Waals surface area contributed by atoms with Gasteiger partial charge in [0.05, 0.1) is 0 Å². The fourth-order valence-electron chi connectivity index (χ4n) is 3.31. The van der Waals surface area contributed by atoms with Crippen molar-refractivity contribution >= 4 is 11.8 Å². The van der Waals surface area contributed by atoms with Crippen LogP contribution in [0.15, 0.2) is 0 Å². The van der Waals surface area contributed by atoms with Crippen molar-refractivity contribution in [3.63, 3.8) is 0 Å². The molecule has 0 aromatic heterocycles. The first kappa shape index (κ1) is 14.4. The lowest BCUT2D eigenvalue weighted by atomic mass is 9.90. The molecule has 1 saturated carbocycles. The van der Waals surface area contributed by atoms with E-state index in [9.17, 15) is 9.59 Å². The van der Waals surface area contributed by atoms with Crippen molar-refractivity contribution in [2.75, 3.05) is 0 Å². The van der Waals surface area contributed by atoms with E-state index in [0.29, 0.717) is 5.92 Å². The largest absolute Gasteiger partial charge is 0.340 e. The number of carbonyl (C=O) groups excluding carboxylic acids is 2. The van der Waals surface area contributed by atoms with Crippen LogP contribution in [0, 0.1) is 5.92 Å². The van der Waals surface area contributed by atoms with Gasteiger partial charge in [-0.25, -0.2) is 0 Å². The number of rotatable bonds is 3. The maximum Gasteiger partial charge on any atom is 0.248 e. The molecule has 0 spiro atoms. The smallest absolute Gasteiger partial charge is 0.248 e. The summed E-state index contributed by atoms with van der Waals surface area (Å²) in [7, 11) is 0. The number of carbonyl (C=O) groups is 2. The van der Waals surface area contributed by atoms with Gasteiger partial charge in [0.1, 0.15) is 11.6 Å². The molecule has 1 heterocycles. The average molecular weight is 266 g/mol. The quantitative estimate of drug-likeness (QED) is 0.850. The van der Waals surface area contributed by atoms with Crippen LogP contribution in [0.25, 0.3) is 0 Å². The molecule has 1 N–H and O–H groups in total. The summed E-state index contributed by atoms with van der Waals surface area (Å²) in [4.78, 5) is 26.9. The molecule has 1 aliphatic heterocycles. The van der Waals surface area contributed by atoms with Crippen molar-refractivity contribution in [2.45, 2.75) is 77.4 Å². The highest BCUT2D eigenvalue weighted by Gasteiger charge is 2.48. The first-order valence-corrected chi connectivity index (χ1v) is 7.47. The molecule has 4 nitrogen and oxygen atoms in total. The van der Waals surface area contributed by atoms with Gasteiger partial charge >= 0.3 is 0 Å². The molecule has 0 aromatic carbocycles. The zero-order valence-electron chi connectivity index (χ0n) is 12.5. The summed E-state index contributed by atoms with van der Waals surface area (Å²) in [5.74, 6) is 0.517. The van der Waals surface area contributed by atoms with Gasteiger partial charge in [-0.05, 0) is 39.0 Å². The molecule has 2 fully saturated rings. The number of piperazine rings is 1. The molecular weight excluding hydrogens is 240 g/mol. The summed E-state index contributed by atoms with van der Waals surface area (Å²) in [6.45, 7) is 7.82. The van der Waals surface area contributed by atoms with Crippen LogP contribution in [0.3, 0.4) is 0 Å². The van der Waals surface area contributed by atoms with E-state index in [-0.39, 0.29) is 23.9 Å². The lowest BCUT2D eigenvalue weighted by molar-refractivity contribution is -0.157. The molecule has 1 atom stereocenters. The topological polar surface area (TPSA) is 49.4 Å². The minimum atomic E-state index is -0.757. The molecule has 0 radical (unpaired) electrons. The molecule has 2 amide bonds. The normalized spacial score (nSPS) is 28.1. The van der Waals surface area contributed by atoms with Gasteiger partial charge in [-0.1, -0.05) is 26.7 Å². The first-order chi connectivity index (χ1) is 8.83. The molecule has 0 bridgehead atoms. The maximum absolute atomic E-state index is 12.7. The third kappa shape index (κ3) is 2.77. The molecule has 2 aliphatic rings. The van der Waals surface area contributed by atoms with E-state index in [1.165, 1.54) is 12.8 Å². The van der Waals surface area contributed by atoms with Crippen LogP contribution in [-0.2, 0) is 9.59 Å². The van der Waals surface area contributed by atoms with Crippen LogP contribution in [0.1, 0.15) is 59.8 Å². The minimum Gasteiger partial charge on any atom is -0.340 e. The van der Waals surface area contributed by atoms with Crippen LogP contribution < -0.4 is 5.32 Å². The molecule has 1 aliphatic carbocycles. The minimum absolute atomic E-state index is 0.0187. The second kappa shape index (κ2) is 5.14. The second-order valence-corrected chi connectivity index (χ2v) is 6.91. The Kier molecular flexibility index (Phi) is 3.88. The van der Waals surface area contributed by atoms with Gasteiger partial charge in [-0.3, -0.25) is 9.59 Å². The molecular formula is C15H26N2O2. The van der Waals surface area contributed by atoms with Crippen molar-refractivity contribution in [3.05, 3.63) is 0 Å². The fourth-order valence-corrected chi connectivity index (χ4v) is 3.31. The molecule has 108 valence electrons. The van der Waals surface area contributed by atoms with Crippen LogP contribution in [-0.4, -0.2) is 34.3 Å². The van der Waals surface area contributed by atoms with E-state index in [1.807, 2.05) is 4.90 Å². The molecule has 19 heavy (non-hydrogen) atoms. The number of nitrogens with zero attached hydrogens (tertiary/aromatic N) is 1. The second-order valence-electron chi connectivity index (χ2n) is 6.91. The summed E-state index contributed by atoms with van der Waals surface area (Å²) in [6.07, 6.45) is 5.19. The summed E-state index contributed by atoms with van der Waals surface area (Å²) >= 11 is 0. The third-order valence-corrected chi connectivity index (χ3v) is 4.26. The first-order valence-electron chi connectivity index (χ1n) is 7.47. The van der Waals surface area contributed by atoms with Crippen LogP contribution in [0.4, 0.5) is 0 Å². The lowest BCUT2D eigenvalue weighted by Gasteiger charge is -2.46. The third-order valence-electron chi connectivity index (χ3n) is 4.26. The van der Waals surface area contributed by atoms with Gasteiger partial charge in [0.15, 0.2) is 0 Å². The van der Waals surface area contributed by atoms with E-state index < -0.39 is 5.54 Å². The monoisotopic (exact) mass is 266 g/mol. The highest BCUT2D eigenvalue weighted by atomic mass is 16.2. The number of hydrogen-bond acceptors (Lipinski definition) is 2. The predicted molar refractivity (Wildman–Crippen MR) is 74.6 cm³/mol. The number of hydrogen-bond donors (Lipinski definition) is 1. The summed E-state index contributed by atoms with van der Waals surface area (Å²) < 4.78 is 0. The molecule has 2 rings (SSSR count). The Morgan fingerprint density at radius 1 is 1.26 bits per heavy atom. The van der Waals surface area contributed by atoms with E-state index in [4.69, 9.17) is 0 Å². The molecule has 1 saturated heterocycles. The van der Waals surface area contributed by atoms with Crippen molar-refractivity contribution in [1.29, 1.82) is 0 Å². The number of nitrogens with one attached hydrogen (secondary N) is 1. The Balaban J connectivity index is 2.27. The van der Waals surface area contributed by atoms with Gasteiger partial charge < -0.3 is 10.2 Å². The lowest BCUT2D eigenvalue weighted by Crippen LogP contribution is -2.69. The van der Waals surface area contributed by atoms with E-state index in [0.717, 1.165) is 19.3 Å². The van der Waals surface area contributed by atoms with Crippen molar-refractivity contribution in [3.8, 4) is 0 Å². The molecule has 1 unspecified atom stereocenters.